The van der Waals surface area contributed by atoms with Gasteiger partial charge in [-0.3, -0.25) is 4.90 Å². The molecule has 1 amide bonds. The molecular weight excluding hydrogens is 292 g/mol. The summed E-state index contributed by atoms with van der Waals surface area (Å²) in [6.45, 7) is 8.73. The van der Waals surface area contributed by atoms with Crippen LogP contribution < -0.4 is 0 Å². The van der Waals surface area contributed by atoms with Crippen LogP contribution in [0.4, 0.5) is 4.79 Å². The number of aliphatic hydroxyl groups is 1. The van der Waals surface area contributed by atoms with Gasteiger partial charge < -0.3 is 15.1 Å². The maximum atomic E-state index is 11.0. The van der Waals surface area contributed by atoms with E-state index < -0.39 is 11.7 Å². The number of hydrogen-bond donors (Lipinski definition) is 2. The third-order valence-corrected chi connectivity index (χ3v) is 4.23. The molecule has 0 bridgehead atoms. The Kier molecular flexibility index (Phi) is 5.80. The van der Waals surface area contributed by atoms with Crippen molar-refractivity contribution in [1.82, 2.24) is 9.80 Å². The van der Waals surface area contributed by atoms with Gasteiger partial charge in [-0.15, -0.1) is 0 Å². The largest absolute Gasteiger partial charge is 0.465 e. The van der Waals surface area contributed by atoms with Crippen LogP contribution in [0.15, 0.2) is 42.5 Å². The Balaban J connectivity index is 1.99. The lowest BCUT2D eigenvalue weighted by Gasteiger charge is -2.40. The van der Waals surface area contributed by atoms with Crippen molar-refractivity contribution in [2.75, 3.05) is 26.2 Å². The maximum absolute atomic E-state index is 11.0. The van der Waals surface area contributed by atoms with Crippen molar-refractivity contribution in [2.45, 2.75) is 31.9 Å². The summed E-state index contributed by atoms with van der Waals surface area (Å²) in [5.41, 5.74) is 1.41. The van der Waals surface area contributed by atoms with Crippen molar-refractivity contribution in [3.05, 3.63) is 48.0 Å². The highest BCUT2D eigenvalue weighted by Crippen LogP contribution is 2.24. The second-order valence-corrected chi connectivity index (χ2v) is 6.58. The molecule has 0 atom stereocenters. The Bertz CT molecular complexity index is 536. The number of carbonyl (C=O) groups is 1. The Morgan fingerprint density at radius 2 is 1.91 bits per heavy atom. The standard InChI is InChI=1S/C18H26N2O3/c1-15(2)12-19(13-16-6-4-3-5-7-16)14-18(23)8-10-20(11-9-18)17(21)22/h3-7,23H,1,8-14H2,2H3,(H,21,22). The van der Waals surface area contributed by atoms with Crippen LogP contribution in [0.25, 0.3) is 0 Å². The van der Waals surface area contributed by atoms with Gasteiger partial charge in [0, 0.05) is 32.7 Å². The lowest BCUT2D eigenvalue weighted by Crippen LogP contribution is -2.52. The van der Waals surface area contributed by atoms with Gasteiger partial charge >= 0.3 is 6.09 Å². The van der Waals surface area contributed by atoms with E-state index in [2.05, 4.69) is 23.6 Å². The summed E-state index contributed by atoms with van der Waals surface area (Å²) in [7, 11) is 0. The second kappa shape index (κ2) is 7.62. The summed E-state index contributed by atoms with van der Waals surface area (Å²) in [6.07, 6.45) is 0.0387. The molecule has 0 radical (unpaired) electrons. The zero-order valence-electron chi connectivity index (χ0n) is 13.7. The van der Waals surface area contributed by atoms with E-state index in [9.17, 15) is 9.90 Å². The predicted molar refractivity (Wildman–Crippen MR) is 90.3 cm³/mol. The molecular formula is C18H26N2O3. The Labute approximate surface area is 137 Å². The fraction of sp³-hybridized carbons (Fsp3) is 0.500. The number of amides is 1. The summed E-state index contributed by atoms with van der Waals surface area (Å²) in [5.74, 6) is 0. The monoisotopic (exact) mass is 318 g/mol. The molecule has 5 nitrogen and oxygen atoms in total. The van der Waals surface area contributed by atoms with Gasteiger partial charge in [0.1, 0.15) is 0 Å². The zero-order chi connectivity index (χ0) is 16.9. The highest BCUT2D eigenvalue weighted by Gasteiger charge is 2.35. The molecule has 1 saturated heterocycles. The van der Waals surface area contributed by atoms with Crippen LogP contribution in [0.2, 0.25) is 0 Å². The van der Waals surface area contributed by atoms with Crippen LogP contribution in [0, 0.1) is 0 Å². The third kappa shape index (κ3) is 5.37. The molecule has 23 heavy (non-hydrogen) atoms. The van der Waals surface area contributed by atoms with Gasteiger partial charge in [-0.2, -0.15) is 0 Å². The first-order valence-electron chi connectivity index (χ1n) is 7.99. The average molecular weight is 318 g/mol. The molecule has 1 aliphatic rings. The topological polar surface area (TPSA) is 64.0 Å². The van der Waals surface area contributed by atoms with Gasteiger partial charge in [0.25, 0.3) is 0 Å². The van der Waals surface area contributed by atoms with E-state index in [4.69, 9.17) is 5.11 Å². The summed E-state index contributed by atoms with van der Waals surface area (Å²) < 4.78 is 0. The van der Waals surface area contributed by atoms with E-state index in [-0.39, 0.29) is 0 Å². The molecule has 1 aromatic carbocycles. The number of benzene rings is 1. The molecule has 1 aromatic rings. The van der Waals surface area contributed by atoms with Crippen LogP contribution in [0.1, 0.15) is 25.3 Å². The first kappa shape index (κ1) is 17.5. The normalized spacial score (nSPS) is 17.3. The summed E-state index contributed by atoms with van der Waals surface area (Å²) in [6, 6.07) is 10.1. The van der Waals surface area contributed by atoms with E-state index in [0.29, 0.717) is 32.5 Å². The zero-order valence-corrected chi connectivity index (χ0v) is 13.7. The molecule has 1 aliphatic heterocycles. The summed E-state index contributed by atoms with van der Waals surface area (Å²) in [4.78, 5) is 14.6. The van der Waals surface area contributed by atoms with Gasteiger partial charge in [0.2, 0.25) is 0 Å². The van der Waals surface area contributed by atoms with Crippen molar-refractivity contribution in [3.8, 4) is 0 Å². The lowest BCUT2D eigenvalue weighted by atomic mass is 9.90. The van der Waals surface area contributed by atoms with Crippen LogP contribution >= 0.6 is 0 Å². The molecule has 1 fully saturated rings. The second-order valence-electron chi connectivity index (χ2n) is 6.58. The Morgan fingerprint density at radius 1 is 1.30 bits per heavy atom. The fourth-order valence-corrected chi connectivity index (χ4v) is 3.08. The number of rotatable bonds is 6. The minimum atomic E-state index is -0.907. The first-order valence-corrected chi connectivity index (χ1v) is 7.99. The quantitative estimate of drug-likeness (QED) is 0.791. The SMILES string of the molecule is C=C(C)CN(Cc1ccccc1)CC1(O)CCN(C(=O)O)CC1. The van der Waals surface area contributed by atoms with Gasteiger partial charge in [0.05, 0.1) is 5.60 Å². The van der Waals surface area contributed by atoms with Gasteiger partial charge in [-0.05, 0) is 25.3 Å². The Morgan fingerprint density at radius 3 is 2.43 bits per heavy atom. The predicted octanol–water partition coefficient (Wildman–Crippen LogP) is 2.57. The van der Waals surface area contributed by atoms with Crippen molar-refractivity contribution < 1.29 is 15.0 Å². The van der Waals surface area contributed by atoms with Crippen LogP contribution in [-0.2, 0) is 6.54 Å². The molecule has 2 N–H and O–H groups in total. The van der Waals surface area contributed by atoms with E-state index >= 15 is 0 Å². The van der Waals surface area contributed by atoms with Crippen LogP contribution in [0.3, 0.4) is 0 Å². The number of likely N-dealkylation sites (tertiary alicyclic amines) is 1. The van der Waals surface area contributed by atoms with E-state index in [1.807, 2.05) is 25.1 Å². The average Bonchev–Trinajstić information content (AvgIpc) is 2.47. The Hall–Kier alpha value is -1.85. The number of nitrogens with zero attached hydrogens (tertiary/aromatic N) is 2. The molecule has 5 heteroatoms. The molecule has 0 saturated carbocycles. The van der Waals surface area contributed by atoms with Crippen LogP contribution in [-0.4, -0.2) is 57.9 Å². The van der Waals surface area contributed by atoms with Crippen LogP contribution in [0.5, 0.6) is 0 Å². The smallest absolute Gasteiger partial charge is 0.407 e. The highest BCUT2D eigenvalue weighted by molar-refractivity contribution is 5.65. The number of carboxylic acid groups (broad SMARTS) is 1. The highest BCUT2D eigenvalue weighted by atomic mass is 16.4. The molecule has 0 spiro atoms. The first-order chi connectivity index (χ1) is 10.9. The molecule has 126 valence electrons. The molecule has 0 aliphatic carbocycles. The summed E-state index contributed by atoms with van der Waals surface area (Å²) >= 11 is 0. The van der Waals surface area contributed by atoms with Gasteiger partial charge in [-0.1, -0.05) is 42.5 Å². The van der Waals surface area contributed by atoms with Gasteiger partial charge in [-0.25, -0.2) is 4.79 Å². The molecule has 1 heterocycles. The minimum Gasteiger partial charge on any atom is -0.465 e. The van der Waals surface area contributed by atoms with Crippen molar-refractivity contribution in [1.29, 1.82) is 0 Å². The van der Waals surface area contributed by atoms with Crippen molar-refractivity contribution in [2.24, 2.45) is 0 Å². The fourth-order valence-electron chi connectivity index (χ4n) is 3.08. The lowest BCUT2D eigenvalue weighted by molar-refractivity contribution is -0.0412. The van der Waals surface area contributed by atoms with Crippen molar-refractivity contribution >= 4 is 6.09 Å². The maximum Gasteiger partial charge on any atom is 0.407 e. The minimum absolute atomic E-state index is 0.387. The van der Waals surface area contributed by atoms with Crippen molar-refractivity contribution in [3.63, 3.8) is 0 Å². The number of piperidine rings is 1. The molecule has 2 rings (SSSR count). The molecule has 0 aromatic heterocycles. The third-order valence-electron chi connectivity index (χ3n) is 4.23. The molecule has 0 unspecified atom stereocenters. The van der Waals surface area contributed by atoms with Gasteiger partial charge in [0.15, 0.2) is 0 Å². The van der Waals surface area contributed by atoms with E-state index in [1.165, 1.54) is 10.5 Å². The van der Waals surface area contributed by atoms with E-state index in [1.54, 1.807) is 0 Å². The van der Waals surface area contributed by atoms with E-state index in [0.717, 1.165) is 18.7 Å². The number of hydrogen-bond acceptors (Lipinski definition) is 3. The summed E-state index contributed by atoms with van der Waals surface area (Å²) in [5, 5.41) is 19.9.